The molecule has 0 spiro atoms. The Morgan fingerprint density at radius 3 is 2.67 bits per heavy atom. The summed E-state index contributed by atoms with van der Waals surface area (Å²) in [6, 6.07) is 1.66. The first-order chi connectivity index (χ1) is 5.59. The second-order valence-electron chi connectivity index (χ2n) is 2.82. The Morgan fingerprint density at radius 1 is 1.58 bits per heavy atom. The maximum absolute atomic E-state index is 11.9. The summed E-state index contributed by atoms with van der Waals surface area (Å²) in [4.78, 5) is 0. The van der Waals surface area contributed by atoms with Crippen molar-refractivity contribution in [3.8, 4) is 0 Å². The van der Waals surface area contributed by atoms with Crippen molar-refractivity contribution in [2.24, 2.45) is 5.73 Å². The molecule has 0 fully saturated rings. The van der Waals surface area contributed by atoms with Crippen LogP contribution in [0.3, 0.4) is 0 Å². The van der Waals surface area contributed by atoms with Crippen LogP contribution >= 0.6 is 0 Å². The molecule has 1 heterocycles. The molecule has 1 rings (SSSR count). The molecule has 1 aromatic rings. The molecule has 0 aromatic carbocycles. The van der Waals surface area contributed by atoms with Gasteiger partial charge in [0.25, 0.3) is 6.43 Å². The van der Waals surface area contributed by atoms with E-state index in [0.717, 1.165) is 5.56 Å². The molecular formula is C8H12F2N2. The third-order valence-electron chi connectivity index (χ3n) is 1.65. The van der Waals surface area contributed by atoms with Gasteiger partial charge in [-0.1, -0.05) is 0 Å². The largest absolute Gasteiger partial charge is 0.348 e. The fraction of sp³-hybridized carbons (Fsp3) is 0.500. The molecule has 2 N–H and O–H groups in total. The summed E-state index contributed by atoms with van der Waals surface area (Å²) in [5.41, 5.74) is 6.44. The molecule has 0 saturated carbocycles. The maximum atomic E-state index is 11.9. The Morgan fingerprint density at radius 2 is 2.25 bits per heavy atom. The van der Waals surface area contributed by atoms with Crippen LogP contribution in [0.4, 0.5) is 8.78 Å². The van der Waals surface area contributed by atoms with Gasteiger partial charge in [0.2, 0.25) is 0 Å². The van der Waals surface area contributed by atoms with Crippen molar-refractivity contribution in [1.29, 1.82) is 0 Å². The molecule has 1 atom stereocenters. The van der Waals surface area contributed by atoms with Crippen LogP contribution in [-0.4, -0.2) is 11.0 Å². The van der Waals surface area contributed by atoms with Gasteiger partial charge < -0.3 is 10.3 Å². The normalized spacial score (nSPS) is 13.8. The Balaban J connectivity index is 2.64. The molecule has 4 heteroatoms. The van der Waals surface area contributed by atoms with Crippen molar-refractivity contribution in [2.75, 3.05) is 0 Å². The number of nitrogens with two attached hydrogens (primary N) is 1. The van der Waals surface area contributed by atoms with Gasteiger partial charge in [-0.2, -0.15) is 0 Å². The highest BCUT2D eigenvalue weighted by atomic mass is 19.3. The summed E-state index contributed by atoms with van der Waals surface area (Å²) in [5, 5.41) is 0. The lowest BCUT2D eigenvalue weighted by Gasteiger charge is -2.01. The van der Waals surface area contributed by atoms with E-state index in [-0.39, 0.29) is 12.6 Å². The van der Waals surface area contributed by atoms with E-state index in [9.17, 15) is 8.78 Å². The monoisotopic (exact) mass is 174 g/mol. The van der Waals surface area contributed by atoms with Crippen LogP contribution in [0.15, 0.2) is 18.5 Å². The Hall–Kier alpha value is -0.900. The van der Waals surface area contributed by atoms with E-state index in [1.165, 1.54) is 4.57 Å². The van der Waals surface area contributed by atoms with Crippen LogP contribution in [0.1, 0.15) is 18.5 Å². The van der Waals surface area contributed by atoms with Crippen molar-refractivity contribution in [2.45, 2.75) is 25.9 Å². The second kappa shape index (κ2) is 3.67. The first kappa shape index (κ1) is 9.19. The van der Waals surface area contributed by atoms with Gasteiger partial charge in [0.15, 0.2) is 0 Å². The minimum Gasteiger partial charge on any atom is -0.348 e. The summed E-state index contributed by atoms with van der Waals surface area (Å²) in [7, 11) is 0. The predicted molar refractivity (Wildman–Crippen MR) is 43.0 cm³/mol. The van der Waals surface area contributed by atoms with Gasteiger partial charge in [0.1, 0.15) is 0 Å². The molecule has 0 radical (unpaired) electrons. The lowest BCUT2D eigenvalue weighted by molar-refractivity contribution is 0.126. The first-order valence-electron chi connectivity index (χ1n) is 3.79. The zero-order valence-corrected chi connectivity index (χ0v) is 6.87. The molecule has 0 bridgehead atoms. The summed E-state index contributed by atoms with van der Waals surface area (Å²) in [6.45, 7) is 1.56. The number of aromatic nitrogens is 1. The van der Waals surface area contributed by atoms with Gasteiger partial charge in [-0.15, -0.1) is 0 Å². The molecule has 1 aromatic heterocycles. The van der Waals surface area contributed by atoms with E-state index in [1.807, 2.05) is 6.92 Å². The van der Waals surface area contributed by atoms with Crippen molar-refractivity contribution in [3.63, 3.8) is 0 Å². The molecule has 12 heavy (non-hydrogen) atoms. The van der Waals surface area contributed by atoms with E-state index in [4.69, 9.17) is 5.73 Å². The van der Waals surface area contributed by atoms with Crippen molar-refractivity contribution in [1.82, 2.24) is 4.57 Å². The molecular weight excluding hydrogens is 162 g/mol. The van der Waals surface area contributed by atoms with Crippen LogP contribution in [0.5, 0.6) is 0 Å². The summed E-state index contributed by atoms with van der Waals surface area (Å²) < 4.78 is 25.2. The fourth-order valence-corrected chi connectivity index (χ4v) is 1.00. The summed E-state index contributed by atoms with van der Waals surface area (Å²) in [6.07, 6.45) is 0.958. The first-order valence-corrected chi connectivity index (χ1v) is 3.79. The number of halogens is 2. The zero-order chi connectivity index (χ0) is 9.14. The topological polar surface area (TPSA) is 30.9 Å². The lowest BCUT2D eigenvalue weighted by atomic mass is 10.2. The minimum absolute atomic E-state index is 0.0936. The predicted octanol–water partition coefficient (Wildman–Crippen LogP) is 1.77. The average molecular weight is 174 g/mol. The van der Waals surface area contributed by atoms with Gasteiger partial charge >= 0.3 is 0 Å². The van der Waals surface area contributed by atoms with Gasteiger partial charge in [0.05, 0.1) is 6.54 Å². The van der Waals surface area contributed by atoms with Crippen LogP contribution < -0.4 is 5.73 Å². The van der Waals surface area contributed by atoms with Crippen LogP contribution in [0.2, 0.25) is 0 Å². The van der Waals surface area contributed by atoms with Gasteiger partial charge in [-0.3, -0.25) is 0 Å². The molecule has 1 unspecified atom stereocenters. The third-order valence-corrected chi connectivity index (χ3v) is 1.65. The number of alkyl halides is 2. The number of rotatable bonds is 3. The van der Waals surface area contributed by atoms with E-state index in [1.54, 1.807) is 18.5 Å². The maximum Gasteiger partial charge on any atom is 0.256 e. The highest BCUT2D eigenvalue weighted by molar-refractivity contribution is 5.13. The SMILES string of the molecule is CC(N)c1ccn(CC(F)F)c1. The van der Waals surface area contributed by atoms with Crippen molar-refractivity contribution >= 4 is 0 Å². The Kier molecular flexibility index (Phi) is 2.81. The molecule has 0 aliphatic heterocycles. The Bertz CT molecular complexity index is 243. The quantitative estimate of drug-likeness (QED) is 0.743. The molecule has 2 nitrogen and oxygen atoms in total. The van der Waals surface area contributed by atoms with Crippen molar-refractivity contribution in [3.05, 3.63) is 24.0 Å². The molecule has 0 amide bonds. The molecule has 0 saturated heterocycles. The average Bonchev–Trinajstić information content (AvgIpc) is 2.34. The highest BCUT2D eigenvalue weighted by Gasteiger charge is 2.05. The number of nitrogens with zero attached hydrogens (tertiary/aromatic N) is 1. The van der Waals surface area contributed by atoms with Gasteiger partial charge in [-0.25, -0.2) is 8.78 Å². The van der Waals surface area contributed by atoms with Crippen LogP contribution in [0.25, 0.3) is 0 Å². The minimum atomic E-state index is -2.31. The van der Waals surface area contributed by atoms with E-state index in [0.29, 0.717) is 0 Å². The highest BCUT2D eigenvalue weighted by Crippen LogP contribution is 2.10. The van der Waals surface area contributed by atoms with Crippen LogP contribution in [0, 0.1) is 0 Å². The summed E-state index contributed by atoms with van der Waals surface area (Å²) in [5.74, 6) is 0. The Labute approximate surface area is 70.0 Å². The second-order valence-corrected chi connectivity index (χ2v) is 2.82. The van der Waals surface area contributed by atoms with Crippen LogP contribution in [-0.2, 0) is 6.54 Å². The van der Waals surface area contributed by atoms with E-state index < -0.39 is 6.43 Å². The number of hydrogen-bond donors (Lipinski definition) is 1. The zero-order valence-electron chi connectivity index (χ0n) is 6.87. The lowest BCUT2D eigenvalue weighted by Crippen LogP contribution is -2.06. The smallest absolute Gasteiger partial charge is 0.256 e. The van der Waals surface area contributed by atoms with E-state index in [2.05, 4.69) is 0 Å². The fourth-order valence-electron chi connectivity index (χ4n) is 1.00. The molecule has 0 aliphatic carbocycles. The third kappa shape index (κ3) is 2.30. The molecule has 68 valence electrons. The van der Waals surface area contributed by atoms with Gasteiger partial charge in [-0.05, 0) is 18.6 Å². The van der Waals surface area contributed by atoms with Gasteiger partial charge in [0, 0.05) is 18.4 Å². The standard InChI is InChI=1S/C8H12F2N2/c1-6(11)7-2-3-12(4-7)5-8(9)10/h2-4,6,8H,5,11H2,1H3. The molecule has 0 aliphatic rings. The summed E-state index contributed by atoms with van der Waals surface area (Å²) >= 11 is 0. The van der Waals surface area contributed by atoms with E-state index >= 15 is 0 Å². The number of hydrogen-bond acceptors (Lipinski definition) is 1. The van der Waals surface area contributed by atoms with Crippen molar-refractivity contribution < 1.29 is 8.78 Å².